The standard InChI is InChI=1S/C20H18BrF2N3O2S/c1-27-10-9-24-20-26(25-12-14-3-2-4-16(21)11-14)18(13-29-20)15-5-7-17(8-6-15)28-19(22)23/h2-8,11-13,19H,9-10H2,1H3. The van der Waals surface area contributed by atoms with E-state index in [-0.39, 0.29) is 5.75 Å². The molecule has 9 heteroatoms. The van der Waals surface area contributed by atoms with Crippen LogP contribution >= 0.6 is 27.3 Å². The first-order chi connectivity index (χ1) is 14.1. The molecule has 5 nitrogen and oxygen atoms in total. The molecule has 0 unspecified atom stereocenters. The van der Waals surface area contributed by atoms with E-state index in [1.807, 2.05) is 29.6 Å². The molecule has 2 aromatic carbocycles. The zero-order chi connectivity index (χ0) is 20.6. The zero-order valence-corrected chi connectivity index (χ0v) is 17.9. The topological polar surface area (TPSA) is 48.1 Å². The van der Waals surface area contributed by atoms with E-state index in [0.717, 1.165) is 21.3 Å². The smallest absolute Gasteiger partial charge is 0.387 e. The van der Waals surface area contributed by atoms with Crippen LogP contribution in [0.25, 0.3) is 11.3 Å². The Bertz CT molecular complexity index is 1030. The van der Waals surface area contributed by atoms with Gasteiger partial charge in [-0.05, 0) is 42.0 Å². The normalized spacial score (nSPS) is 12.2. The van der Waals surface area contributed by atoms with Gasteiger partial charge in [0, 0.05) is 22.5 Å². The summed E-state index contributed by atoms with van der Waals surface area (Å²) in [5.74, 6) is 0.105. The van der Waals surface area contributed by atoms with E-state index in [2.05, 4.69) is 30.8 Å². The van der Waals surface area contributed by atoms with Gasteiger partial charge in [0.15, 0.2) is 0 Å². The lowest BCUT2D eigenvalue weighted by Crippen LogP contribution is -2.13. The number of ether oxygens (including phenoxy) is 2. The largest absolute Gasteiger partial charge is 0.435 e. The Hall–Kier alpha value is -2.36. The van der Waals surface area contributed by atoms with Crippen molar-refractivity contribution in [1.29, 1.82) is 0 Å². The second-order valence-corrected chi connectivity index (χ2v) is 7.54. The number of halogens is 3. The lowest BCUT2D eigenvalue weighted by Gasteiger charge is -2.07. The maximum Gasteiger partial charge on any atom is 0.387 e. The van der Waals surface area contributed by atoms with Gasteiger partial charge in [-0.3, -0.25) is 4.99 Å². The zero-order valence-electron chi connectivity index (χ0n) is 15.5. The number of hydrogen-bond acceptors (Lipinski definition) is 5. The summed E-state index contributed by atoms with van der Waals surface area (Å²) in [7, 11) is 1.62. The van der Waals surface area contributed by atoms with E-state index in [1.165, 1.54) is 23.5 Å². The molecule has 0 spiro atoms. The summed E-state index contributed by atoms with van der Waals surface area (Å²) >= 11 is 4.89. The summed E-state index contributed by atoms with van der Waals surface area (Å²) in [6, 6.07) is 14.2. The Kier molecular flexibility index (Phi) is 7.68. The number of nitrogens with zero attached hydrogens (tertiary/aromatic N) is 3. The van der Waals surface area contributed by atoms with Gasteiger partial charge in [0.05, 0.1) is 25.1 Å². The van der Waals surface area contributed by atoms with Crippen molar-refractivity contribution < 1.29 is 18.3 Å². The van der Waals surface area contributed by atoms with Crippen molar-refractivity contribution in [3.63, 3.8) is 0 Å². The Morgan fingerprint density at radius 3 is 2.69 bits per heavy atom. The van der Waals surface area contributed by atoms with Gasteiger partial charge in [-0.25, -0.2) is 4.68 Å². The highest BCUT2D eigenvalue weighted by Gasteiger charge is 2.09. The number of aromatic nitrogens is 1. The SMILES string of the molecule is COCCN=c1scc(-c2ccc(OC(F)F)cc2)n1N=Cc1cccc(Br)c1. The number of alkyl halides is 2. The summed E-state index contributed by atoms with van der Waals surface area (Å²) in [6.07, 6.45) is 1.74. The number of thiazole rings is 1. The monoisotopic (exact) mass is 481 g/mol. The molecule has 0 aliphatic heterocycles. The average molecular weight is 482 g/mol. The molecule has 29 heavy (non-hydrogen) atoms. The van der Waals surface area contributed by atoms with Crippen LogP contribution in [-0.2, 0) is 4.74 Å². The van der Waals surface area contributed by atoms with Gasteiger partial charge in [0.25, 0.3) is 0 Å². The van der Waals surface area contributed by atoms with Crippen LogP contribution in [-0.4, -0.2) is 37.8 Å². The Morgan fingerprint density at radius 2 is 2.00 bits per heavy atom. The van der Waals surface area contributed by atoms with Gasteiger partial charge >= 0.3 is 6.61 Å². The van der Waals surface area contributed by atoms with Crippen molar-refractivity contribution in [3.05, 3.63) is 68.7 Å². The molecule has 0 saturated heterocycles. The van der Waals surface area contributed by atoms with E-state index in [9.17, 15) is 8.78 Å². The van der Waals surface area contributed by atoms with Gasteiger partial charge in [0.1, 0.15) is 5.75 Å². The van der Waals surface area contributed by atoms with E-state index >= 15 is 0 Å². The molecule has 0 amide bonds. The molecule has 0 aliphatic carbocycles. The highest BCUT2D eigenvalue weighted by molar-refractivity contribution is 9.10. The first-order valence-corrected chi connectivity index (χ1v) is 10.3. The predicted molar refractivity (Wildman–Crippen MR) is 114 cm³/mol. The van der Waals surface area contributed by atoms with Crippen LogP contribution in [0.3, 0.4) is 0 Å². The van der Waals surface area contributed by atoms with E-state index < -0.39 is 6.61 Å². The lowest BCUT2D eigenvalue weighted by molar-refractivity contribution is -0.0498. The van der Waals surface area contributed by atoms with Crippen LogP contribution in [0.5, 0.6) is 5.75 Å². The summed E-state index contributed by atoms with van der Waals surface area (Å²) in [5, 5.41) is 6.52. The van der Waals surface area contributed by atoms with Crippen LogP contribution in [0.2, 0.25) is 0 Å². The van der Waals surface area contributed by atoms with Crippen molar-refractivity contribution in [2.75, 3.05) is 20.3 Å². The van der Waals surface area contributed by atoms with Gasteiger partial charge < -0.3 is 9.47 Å². The van der Waals surface area contributed by atoms with Crippen LogP contribution < -0.4 is 9.54 Å². The molecule has 152 valence electrons. The molecular weight excluding hydrogens is 464 g/mol. The molecular formula is C20H18BrF2N3O2S. The molecule has 1 aromatic heterocycles. The summed E-state index contributed by atoms with van der Waals surface area (Å²) < 4.78 is 36.9. The van der Waals surface area contributed by atoms with Crippen LogP contribution in [0.1, 0.15) is 5.56 Å². The Balaban J connectivity index is 1.97. The Labute approximate surface area is 179 Å². The molecule has 0 saturated carbocycles. The summed E-state index contributed by atoms with van der Waals surface area (Å²) in [4.78, 5) is 5.24. The van der Waals surface area contributed by atoms with Crippen LogP contribution in [0.4, 0.5) is 8.78 Å². The van der Waals surface area contributed by atoms with Gasteiger partial charge in [-0.15, -0.1) is 11.3 Å². The average Bonchev–Trinajstić information content (AvgIpc) is 3.09. The summed E-state index contributed by atoms with van der Waals surface area (Å²) in [5.41, 5.74) is 2.52. The van der Waals surface area contributed by atoms with Crippen molar-refractivity contribution in [1.82, 2.24) is 4.68 Å². The maximum atomic E-state index is 12.4. The molecule has 0 fully saturated rings. The fraction of sp³-hybridized carbons (Fsp3) is 0.200. The minimum absolute atomic E-state index is 0.105. The quantitative estimate of drug-likeness (QED) is 0.335. The minimum Gasteiger partial charge on any atom is -0.435 e. The highest BCUT2D eigenvalue weighted by atomic mass is 79.9. The van der Waals surface area contributed by atoms with Gasteiger partial charge in [0.2, 0.25) is 4.80 Å². The number of hydrogen-bond donors (Lipinski definition) is 0. The fourth-order valence-electron chi connectivity index (χ4n) is 2.47. The number of benzene rings is 2. The van der Waals surface area contributed by atoms with Crippen LogP contribution in [0.15, 0.2) is 68.5 Å². The third kappa shape index (κ3) is 6.06. The van der Waals surface area contributed by atoms with Gasteiger partial charge in [-0.1, -0.05) is 28.1 Å². The van der Waals surface area contributed by atoms with Crippen LogP contribution in [0, 0.1) is 0 Å². The minimum atomic E-state index is -2.85. The predicted octanol–water partition coefficient (Wildman–Crippen LogP) is 5.01. The number of rotatable bonds is 8. The van der Waals surface area contributed by atoms with E-state index in [1.54, 1.807) is 30.1 Å². The first kappa shape index (κ1) is 21.4. The first-order valence-electron chi connectivity index (χ1n) is 8.62. The maximum absolute atomic E-state index is 12.4. The third-order valence-electron chi connectivity index (χ3n) is 3.77. The van der Waals surface area contributed by atoms with Crippen molar-refractivity contribution in [2.24, 2.45) is 10.1 Å². The second-order valence-electron chi connectivity index (χ2n) is 5.79. The molecule has 0 N–H and O–H groups in total. The van der Waals surface area contributed by atoms with Gasteiger partial charge in [-0.2, -0.15) is 13.9 Å². The second kappa shape index (κ2) is 10.4. The number of methoxy groups -OCH3 is 1. The molecule has 0 atom stereocenters. The van der Waals surface area contributed by atoms with E-state index in [0.29, 0.717) is 18.0 Å². The fourth-order valence-corrected chi connectivity index (χ4v) is 3.75. The lowest BCUT2D eigenvalue weighted by atomic mass is 10.2. The highest BCUT2D eigenvalue weighted by Crippen LogP contribution is 2.24. The van der Waals surface area contributed by atoms with E-state index in [4.69, 9.17) is 4.74 Å². The molecule has 0 aliphatic rings. The molecule has 0 radical (unpaired) electrons. The molecule has 0 bridgehead atoms. The summed E-state index contributed by atoms with van der Waals surface area (Å²) in [6.45, 7) is -1.85. The third-order valence-corrected chi connectivity index (χ3v) is 5.12. The Morgan fingerprint density at radius 1 is 1.21 bits per heavy atom. The van der Waals surface area contributed by atoms with Crippen molar-refractivity contribution in [2.45, 2.75) is 6.61 Å². The molecule has 1 heterocycles. The van der Waals surface area contributed by atoms with Crippen molar-refractivity contribution in [3.8, 4) is 17.0 Å². The molecule has 3 rings (SSSR count). The molecule has 3 aromatic rings. The van der Waals surface area contributed by atoms with Crippen molar-refractivity contribution >= 4 is 33.5 Å².